The lowest BCUT2D eigenvalue weighted by Gasteiger charge is -2.26. The monoisotopic (exact) mass is 282 g/mol. The molecule has 2 fully saturated rings. The Bertz CT molecular complexity index is 351. The fraction of sp³-hybridized carbons (Fsp3) is 0.867. The van der Waals surface area contributed by atoms with Gasteiger partial charge in [0.05, 0.1) is 18.6 Å². The van der Waals surface area contributed by atoms with E-state index in [4.69, 9.17) is 4.74 Å². The van der Waals surface area contributed by atoms with E-state index in [1.807, 2.05) is 11.8 Å². The van der Waals surface area contributed by atoms with E-state index in [1.54, 1.807) is 12.0 Å². The van der Waals surface area contributed by atoms with Crippen molar-refractivity contribution in [2.75, 3.05) is 33.4 Å². The van der Waals surface area contributed by atoms with E-state index >= 15 is 0 Å². The Kier molecular flexibility index (Phi) is 5.40. The number of hydrogen-bond acceptors (Lipinski definition) is 3. The lowest BCUT2D eigenvalue weighted by molar-refractivity contribution is -0.135. The molecule has 2 atom stereocenters. The summed E-state index contributed by atoms with van der Waals surface area (Å²) in [4.78, 5) is 28.4. The Labute approximate surface area is 121 Å². The van der Waals surface area contributed by atoms with E-state index in [1.165, 1.54) is 12.8 Å². The largest absolute Gasteiger partial charge is 0.383 e. The van der Waals surface area contributed by atoms with Gasteiger partial charge in [0.25, 0.3) is 0 Å². The number of ether oxygens (including phenoxy) is 1. The molecule has 0 spiro atoms. The van der Waals surface area contributed by atoms with Crippen LogP contribution in [0.15, 0.2) is 0 Å². The molecule has 2 saturated heterocycles. The Hall–Kier alpha value is -1.10. The smallest absolute Gasteiger partial charge is 0.227 e. The van der Waals surface area contributed by atoms with Crippen molar-refractivity contribution < 1.29 is 14.3 Å². The highest BCUT2D eigenvalue weighted by atomic mass is 16.5. The molecule has 114 valence electrons. The first-order chi connectivity index (χ1) is 9.63. The molecule has 0 aromatic rings. The number of carbonyl (C=O) groups excluding carboxylic acids is 2. The highest BCUT2D eigenvalue weighted by molar-refractivity contribution is 5.89. The van der Waals surface area contributed by atoms with E-state index < -0.39 is 0 Å². The maximum absolute atomic E-state index is 12.5. The van der Waals surface area contributed by atoms with E-state index in [0.717, 1.165) is 25.9 Å². The average Bonchev–Trinajstić information content (AvgIpc) is 2.65. The topological polar surface area (TPSA) is 49.9 Å². The number of methoxy groups -OCH3 is 1. The Balaban J connectivity index is 1.93. The Morgan fingerprint density at radius 2 is 1.95 bits per heavy atom. The summed E-state index contributed by atoms with van der Waals surface area (Å²) >= 11 is 0. The van der Waals surface area contributed by atoms with E-state index in [-0.39, 0.29) is 23.8 Å². The van der Waals surface area contributed by atoms with Crippen LogP contribution in [-0.2, 0) is 14.3 Å². The van der Waals surface area contributed by atoms with Crippen LogP contribution in [0.3, 0.4) is 0 Å². The number of hydrogen-bond donors (Lipinski definition) is 0. The molecule has 5 nitrogen and oxygen atoms in total. The second-order valence-electron chi connectivity index (χ2n) is 5.99. The molecule has 0 aromatic heterocycles. The first kappa shape index (κ1) is 15.3. The van der Waals surface area contributed by atoms with Gasteiger partial charge in [-0.2, -0.15) is 0 Å². The highest BCUT2D eigenvalue weighted by Gasteiger charge is 2.38. The lowest BCUT2D eigenvalue weighted by Crippen LogP contribution is -2.40. The zero-order chi connectivity index (χ0) is 14.5. The molecule has 2 rings (SSSR count). The molecular weight excluding hydrogens is 256 g/mol. The third-order valence-corrected chi connectivity index (χ3v) is 4.37. The maximum atomic E-state index is 12.5. The second-order valence-corrected chi connectivity index (χ2v) is 5.99. The molecule has 5 heteroatoms. The van der Waals surface area contributed by atoms with Crippen LogP contribution < -0.4 is 0 Å². The minimum atomic E-state index is -0.153. The summed E-state index contributed by atoms with van der Waals surface area (Å²) in [6.07, 6.45) is 4.98. The van der Waals surface area contributed by atoms with Crippen LogP contribution in [0.4, 0.5) is 0 Å². The molecule has 2 amide bonds. The van der Waals surface area contributed by atoms with Gasteiger partial charge in [0, 0.05) is 33.2 Å². The van der Waals surface area contributed by atoms with Crippen LogP contribution in [-0.4, -0.2) is 61.0 Å². The van der Waals surface area contributed by atoms with Gasteiger partial charge in [-0.3, -0.25) is 9.59 Å². The van der Waals surface area contributed by atoms with E-state index in [2.05, 4.69) is 0 Å². The number of rotatable bonds is 4. The number of likely N-dealkylation sites (tertiary alicyclic amines) is 2. The lowest BCUT2D eigenvalue weighted by atomic mass is 10.1. The van der Waals surface area contributed by atoms with Crippen LogP contribution in [0.5, 0.6) is 0 Å². The van der Waals surface area contributed by atoms with Crippen molar-refractivity contribution in [1.82, 2.24) is 9.80 Å². The minimum Gasteiger partial charge on any atom is -0.383 e. The van der Waals surface area contributed by atoms with E-state index in [0.29, 0.717) is 19.6 Å². The highest BCUT2D eigenvalue weighted by Crippen LogP contribution is 2.23. The molecule has 0 unspecified atom stereocenters. The minimum absolute atomic E-state index is 0.0504. The fourth-order valence-electron chi connectivity index (χ4n) is 3.20. The van der Waals surface area contributed by atoms with Gasteiger partial charge >= 0.3 is 0 Å². The predicted molar refractivity (Wildman–Crippen MR) is 76.2 cm³/mol. The van der Waals surface area contributed by atoms with Crippen molar-refractivity contribution >= 4 is 11.8 Å². The molecular formula is C15H26N2O3. The van der Waals surface area contributed by atoms with Crippen LogP contribution in [0.25, 0.3) is 0 Å². The van der Waals surface area contributed by atoms with Crippen molar-refractivity contribution in [2.45, 2.75) is 45.1 Å². The Morgan fingerprint density at radius 1 is 1.30 bits per heavy atom. The second kappa shape index (κ2) is 7.07. The third kappa shape index (κ3) is 3.51. The Morgan fingerprint density at radius 3 is 2.55 bits per heavy atom. The van der Waals surface area contributed by atoms with Crippen molar-refractivity contribution in [3.8, 4) is 0 Å². The molecule has 0 aliphatic carbocycles. The summed E-state index contributed by atoms with van der Waals surface area (Å²) in [6, 6.07) is 0.0504. The van der Waals surface area contributed by atoms with Crippen LogP contribution in [0.2, 0.25) is 0 Å². The molecule has 2 aliphatic rings. The van der Waals surface area contributed by atoms with Crippen LogP contribution in [0.1, 0.15) is 39.0 Å². The van der Waals surface area contributed by atoms with E-state index in [9.17, 15) is 9.59 Å². The number of amides is 2. The summed E-state index contributed by atoms with van der Waals surface area (Å²) in [5, 5.41) is 0. The summed E-state index contributed by atoms with van der Waals surface area (Å²) < 4.78 is 5.10. The molecule has 0 N–H and O–H groups in total. The number of nitrogens with zero attached hydrogens (tertiary/aromatic N) is 2. The van der Waals surface area contributed by atoms with Gasteiger partial charge in [0.2, 0.25) is 11.8 Å². The fourth-order valence-corrected chi connectivity index (χ4v) is 3.20. The molecule has 2 aliphatic heterocycles. The van der Waals surface area contributed by atoms with Gasteiger partial charge in [-0.15, -0.1) is 0 Å². The standard InChI is InChI=1S/C15H26N2O3/c1-12(11-20-2)17-10-13(9-14(17)18)15(19)16-7-5-3-4-6-8-16/h12-13H,3-11H2,1-2H3/t12-,13+/m0/s1. The van der Waals surface area contributed by atoms with Crippen molar-refractivity contribution in [3.63, 3.8) is 0 Å². The SMILES string of the molecule is COC[C@H](C)N1C[C@H](C(=O)N2CCCCCC2)CC1=O. The number of carbonyl (C=O) groups is 2. The van der Waals surface area contributed by atoms with Gasteiger partial charge in [-0.05, 0) is 19.8 Å². The van der Waals surface area contributed by atoms with Gasteiger partial charge in [0.15, 0.2) is 0 Å². The van der Waals surface area contributed by atoms with Crippen LogP contribution in [0, 0.1) is 5.92 Å². The van der Waals surface area contributed by atoms with Crippen LogP contribution >= 0.6 is 0 Å². The van der Waals surface area contributed by atoms with Crippen molar-refractivity contribution in [1.29, 1.82) is 0 Å². The average molecular weight is 282 g/mol. The predicted octanol–water partition coefficient (Wildman–Crippen LogP) is 1.27. The summed E-state index contributed by atoms with van der Waals surface area (Å²) in [5.41, 5.74) is 0. The van der Waals surface area contributed by atoms with Gasteiger partial charge < -0.3 is 14.5 Å². The first-order valence-corrected chi connectivity index (χ1v) is 7.70. The summed E-state index contributed by atoms with van der Waals surface area (Å²) in [5.74, 6) is 0.106. The molecule has 0 radical (unpaired) electrons. The third-order valence-electron chi connectivity index (χ3n) is 4.37. The molecule has 0 saturated carbocycles. The molecule has 2 heterocycles. The van der Waals surface area contributed by atoms with Crippen molar-refractivity contribution in [3.05, 3.63) is 0 Å². The zero-order valence-corrected chi connectivity index (χ0v) is 12.6. The quantitative estimate of drug-likeness (QED) is 0.780. The maximum Gasteiger partial charge on any atom is 0.227 e. The van der Waals surface area contributed by atoms with Crippen molar-refractivity contribution in [2.24, 2.45) is 5.92 Å². The molecule has 20 heavy (non-hydrogen) atoms. The van der Waals surface area contributed by atoms with Gasteiger partial charge in [0.1, 0.15) is 0 Å². The molecule has 0 aromatic carbocycles. The summed E-state index contributed by atoms with van der Waals surface area (Å²) in [6.45, 7) is 4.77. The van der Waals surface area contributed by atoms with Gasteiger partial charge in [-0.25, -0.2) is 0 Å². The molecule has 0 bridgehead atoms. The zero-order valence-electron chi connectivity index (χ0n) is 12.6. The van der Waals surface area contributed by atoms with Gasteiger partial charge in [-0.1, -0.05) is 12.8 Å². The normalized spacial score (nSPS) is 25.7. The first-order valence-electron chi connectivity index (χ1n) is 7.70. The summed E-state index contributed by atoms with van der Waals surface area (Å²) in [7, 11) is 1.64.